The van der Waals surface area contributed by atoms with E-state index < -0.39 is 5.91 Å². The lowest BCUT2D eigenvalue weighted by atomic mass is 10.1. The second-order valence-electron chi connectivity index (χ2n) is 6.62. The standard InChI is InChI=1S/C16H22N4O3/c1-16(2,3)20-9-12(8-13(20)21)19-15(23)18-11-6-4-10(5-7-11)14(17)22/h4-7,12H,8-9H2,1-3H3,(H2,17,22)(H2,18,19,23). The zero-order valence-corrected chi connectivity index (χ0v) is 13.6. The van der Waals surface area contributed by atoms with Gasteiger partial charge in [0, 0.05) is 29.8 Å². The first-order valence-corrected chi connectivity index (χ1v) is 7.44. The molecule has 4 amide bonds. The predicted octanol–water partition coefficient (Wildman–Crippen LogP) is 1.31. The number of likely N-dealkylation sites (tertiary alicyclic amines) is 1. The normalized spacial score (nSPS) is 18.0. The van der Waals surface area contributed by atoms with Crippen LogP contribution in [0.2, 0.25) is 0 Å². The minimum Gasteiger partial charge on any atom is -0.366 e. The first kappa shape index (κ1) is 16.8. The van der Waals surface area contributed by atoms with E-state index in [1.165, 1.54) is 0 Å². The summed E-state index contributed by atoms with van der Waals surface area (Å²) in [5.41, 5.74) is 5.82. The number of rotatable bonds is 3. The van der Waals surface area contributed by atoms with Crippen LogP contribution in [0.15, 0.2) is 24.3 Å². The molecule has 0 saturated carbocycles. The molecule has 7 heteroatoms. The van der Waals surface area contributed by atoms with E-state index in [-0.39, 0.29) is 23.5 Å². The minimum atomic E-state index is -0.521. The maximum Gasteiger partial charge on any atom is 0.319 e. The molecule has 1 aromatic rings. The number of carbonyl (C=O) groups excluding carboxylic acids is 3. The largest absolute Gasteiger partial charge is 0.366 e. The van der Waals surface area contributed by atoms with Crippen LogP contribution >= 0.6 is 0 Å². The highest BCUT2D eigenvalue weighted by Gasteiger charge is 2.36. The van der Waals surface area contributed by atoms with Crippen LogP contribution < -0.4 is 16.4 Å². The van der Waals surface area contributed by atoms with Gasteiger partial charge in [0.05, 0.1) is 6.04 Å². The number of benzene rings is 1. The number of urea groups is 1. The van der Waals surface area contributed by atoms with E-state index in [1.54, 1.807) is 29.2 Å². The van der Waals surface area contributed by atoms with Crippen LogP contribution in [0.3, 0.4) is 0 Å². The molecule has 1 aliphatic rings. The summed E-state index contributed by atoms with van der Waals surface area (Å²) >= 11 is 0. The van der Waals surface area contributed by atoms with Crippen molar-refractivity contribution in [3.8, 4) is 0 Å². The zero-order valence-electron chi connectivity index (χ0n) is 13.6. The van der Waals surface area contributed by atoms with Crippen LogP contribution in [0.5, 0.6) is 0 Å². The summed E-state index contributed by atoms with van der Waals surface area (Å²) < 4.78 is 0. The van der Waals surface area contributed by atoms with E-state index in [4.69, 9.17) is 5.73 Å². The summed E-state index contributed by atoms with van der Waals surface area (Å²) in [6.45, 7) is 6.39. The average Bonchev–Trinajstić information content (AvgIpc) is 2.80. The van der Waals surface area contributed by atoms with Gasteiger partial charge in [-0.2, -0.15) is 0 Å². The Morgan fingerprint density at radius 2 is 1.83 bits per heavy atom. The Morgan fingerprint density at radius 1 is 1.22 bits per heavy atom. The molecule has 23 heavy (non-hydrogen) atoms. The van der Waals surface area contributed by atoms with Gasteiger partial charge in [0.25, 0.3) is 0 Å². The molecule has 1 saturated heterocycles. The van der Waals surface area contributed by atoms with Gasteiger partial charge < -0.3 is 21.3 Å². The number of nitrogens with zero attached hydrogens (tertiary/aromatic N) is 1. The van der Waals surface area contributed by atoms with Gasteiger partial charge in [0.15, 0.2) is 0 Å². The molecule has 1 aromatic carbocycles. The van der Waals surface area contributed by atoms with Crippen molar-refractivity contribution >= 4 is 23.5 Å². The van der Waals surface area contributed by atoms with Gasteiger partial charge in [0.2, 0.25) is 11.8 Å². The number of amides is 4. The SMILES string of the molecule is CC(C)(C)N1CC(NC(=O)Nc2ccc(C(N)=O)cc2)CC1=O. The van der Waals surface area contributed by atoms with E-state index in [1.807, 2.05) is 20.8 Å². The van der Waals surface area contributed by atoms with Crippen molar-refractivity contribution in [3.05, 3.63) is 29.8 Å². The number of nitrogens with two attached hydrogens (primary N) is 1. The molecule has 0 spiro atoms. The van der Waals surface area contributed by atoms with Crippen LogP contribution in [-0.2, 0) is 4.79 Å². The molecule has 1 aliphatic heterocycles. The average molecular weight is 318 g/mol. The predicted molar refractivity (Wildman–Crippen MR) is 87.0 cm³/mol. The van der Waals surface area contributed by atoms with E-state index >= 15 is 0 Å². The van der Waals surface area contributed by atoms with Gasteiger partial charge in [0.1, 0.15) is 0 Å². The smallest absolute Gasteiger partial charge is 0.319 e. The van der Waals surface area contributed by atoms with Crippen LogP contribution in [-0.4, -0.2) is 40.9 Å². The van der Waals surface area contributed by atoms with Gasteiger partial charge in [-0.05, 0) is 45.0 Å². The number of primary amides is 1. The van der Waals surface area contributed by atoms with E-state index in [0.29, 0.717) is 24.2 Å². The Kier molecular flexibility index (Phi) is 4.58. The second kappa shape index (κ2) is 6.28. The first-order valence-electron chi connectivity index (χ1n) is 7.44. The maximum atomic E-state index is 12.0. The number of hydrogen-bond donors (Lipinski definition) is 3. The Balaban J connectivity index is 1.90. The van der Waals surface area contributed by atoms with Crippen molar-refractivity contribution in [2.24, 2.45) is 5.73 Å². The van der Waals surface area contributed by atoms with Crippen molar-refractivity contribution in [3.63, 3.8) is 0 Å². The first-order chi connectivity index (χ1) is 10.7. The fourth-order valence-corrected chi connectivity index (χ4v) is 2.52. The molecule has 0 aliphatic carbocycles. The fourth-order valence-electron chi connectivity index (χ4n) is 2.52. The lowest BCUT2D eigenvalue weighted by Gasteiger charge is -2.32. The van der Waals surface area contributed by atoms with E-state index in [9.17, 15) is 14.4 Å². The maximum absolute atomic E-state index is 12.0. The Morgan fingerprint density at radius 3 is 2.30 bits per heavy atom. The molecule has 7 nitrogen and oxygen atoms in total. The topological polar surface area (TPSA) is 105 Å². The summed E-state index contributed by atoms with van der Waals surface area (Å²) in [6, 6.07) is 5.68. The van der Waals surface area contributed by atoms with Crippen LogP contribution in [0.25, 0.3) is 0 Å². The van der Waals surface area contributed by atoms with Gasteiger partial charge in [-0.15, -0.1) is 0 Å². The molecule has 0 aromatic heterocycles. The monoisotopic (exact) mass is 318 g/mol. The van der Waals surface area contributed by atoms with Gasteiger partial charge in [-0.25, -0.2) is 4.79 Å². The van der Waals surface area contributed by atoms with Gasteiger partial charge in [-0.3, -0.25) is 9.59 Å². The van der Waals surface area contributed by atoms with E-state index in [2.05, 4.69) is 10.6 Å². The third-order valence-electron chi connectivity index (χ3n) is 3.70. The summed E-state index contributed by atoms with van der Waals surface area (Å²) in [7, 11) is 0. The quantitative estimate of drug-likeness (QED) is 0.782. The molecule has 0 radical (unpaired) electrons. The van der Waals surface area contributed by atoms with Crippen molar-refractivity contribution in [1.29, 1.82) is 0 Å². The number of anilines is 1. The van der Waals surface area contributed by atoms with Crippen LogP contribution in [0.1, 0.15) is 37.6 Å². The van der Waals surface area contributed by atoms with Crippen molar-refractivity contribution in [1.82, 2.24) is 10.2 Å². The Hall–Kier alpha value is -2.57. The van der Waals surface area contributed by atoms with Crippen molar-refractivity contribution in [2.45, 2.75) is 38.8 Å². The second-order valence-corrected chi connectivity index (χ2v) is 6.62. The summed E-state index contributed by atoms with van der Waals surface area (Å²) in [5.74, 6) is -0.485. The van der Waals surface area contributed by atoms with Gasteiger partial charge in [-0.1, -0.05) is 0 Å². The summed E-state index contributed by atoms with van der Waals surface area (Å²) in [4.78, 5) is 36.7. The molecule has 1 fully saturated rings. The number of nitrogens with one attached hydrogen (secondary N) is 2. The van der Waals surface area contributed by atoms with Crippen LogP contribution in [0, 0.1) is 0 Å². The zero-order chi connectivity index (χ0) is 17.2. The Bertz CT molecular complexity index is 619. The molecule has 0 bridgehead atoms. The van der Waals surface area contributed by atoms with Gasteiger partial charge >= 0.3 is 6.03 Å². The number of carbonyl (C=O) groups is 3. The molecule has 124 valence electrons. The highest BCUT2D eigenvalue weighted by Crippen LogP contribution is 2.22. The molecule has 1 heterocycles. The highest BCUT2D eigenvalue weighted by atomic mass is 16.2. The van der Waals surface area contributed by atoms with Crippen molar-refractivity contribution < 1.29 is 14.4 Å². The molecular weight excluding hydrogens is 296 g/mol. The lowest BCUT2D eigenvalue weighted by Crippen LogP contribution is -2.45. The minimum absolute atomic E-state index is 0.0358. The third-order valence-corrected chi connectivity index (χ3v) is 3.70. The van der Waals surface area contributed by atoms with E-state index in [0.717, 1.165) is 0 Å². The molecular formula is C16H22N4O3. The molecule has 4 N–H and O–H groups in total. The summed E-state index contributed by atoms with van der Waals surface area (Å²) in [6.07, 6.45) is 0.297. The summed E-state index contributed by atoms with van der Waals surface area (Å²) in [5, 5.41) is 5.46. The molecule has 2 rings (SSSR count). The number of hydrogen-bond acceptors (Lipinski definition) is 3. The van der Waals surface area contributed by atoms with Crippen LogP contribution in [0.4, 0.5) is 10.5 Å². The molecule has 1 atom stereocenters. The lowest BCUT2D eigenvalue weighted by molar-refractivity contribution is -0.131. The molecule has 1 unspecified atom stereocenters. The van der Waals surface area contributed by atoms with Crippen molar-refractivity contribution in [2.75, 3.05) is 11.9 Å². The highest BCUT2D eigenvalue weighted by molar-refractivity contribution is 5.94. The fraction of sp³-hybridized carbons (Fsp3) is 0.438. The Labute approximate surface area is 135 Å². The third kappa shape index (κ3) is 4.21.